The van der Waals surface area contributed by atoms with Gasteiger partial charge in [0.2, 0.25) is 5.91 Å². The van der Waals surface area contributed by atoms with Crippen molar-refractivity contribution in [2.24, 2.45) is 0 Å². The van der Waals surface area contributed by atoms with E-state index in [4.69, 9.17) is 11.6 Å². The van der Waals surface area contributed by atoms with E-state index in [-0.39, 0.29) is 28.5 Å². The monoisotopic (exact) mass is 427 g/mol. The lowest BCUT2D eigenvalue weighted by atomic mass is 10.1. The van der Waals surface area contributed by atoms with Crippen molar-refractivity contribution in [2.75, 3.05) is 15.7 Å². The van der Waals surface area contributed by atoms with E-state index in [1.807, 2.05) is 26.0 Å². The molecule has 1 aromatic carbocycles. The number of nitrogens with zero attached hydrogens (tertiary/aromatic N) is 3. The van der Waals surface area contributed by atoms with Crippen LogP contribution < -0.4 is 9.80 Å². The van der Waals surface area contributed by atoms with E-state index in [1.165, 1.54) is 4.90 Å². The van der Waals surface area contributed by atoms with Crippen molar-refractivity contribution in [3.63, 3.8) is 0 Å². The minimum absolute atomic E-state index is 0.0641. The largest absolute Gasteiger partial charge is 0.336 e. The first-order valence-electron chi connectivity index (χ1n) is 8.87. The summed E-state index contributed by atoms with van der Waals surface area (Å²) in [7, 11) is 0. The fraction of sp³-hybridized carbons (Fsp3) is 0.400. The molecule has 2 rings (SSSR count). The molecule has 2 aromatic rings. The van der Waals surface area contributed by atoms with Crippen molar-refractivity contribution in [2.45, 2.75) is 46.7 Å². The van der Waals surface area contributed by atoms with Gasteiger partial charge in [-0.15, -0.1) is 0 Å². The minimum atomic E-state index is -0.872. The third-order valence-corrected chi connectivity index (χ3v) is 4.95. The predicted molar refractivity (Wildman–Crippen MR) is 113 cm³/mol. The molecule has 4 nitrogen and oxygen atoms in total. The summed E-state index contributed by atoms with van der Waals surface area (Å²) in [4.78, 5) is 20.8. The smallest absolute Gasteiger partial charge is 0.249 e. The van der Waals surface area contributed by atoms with Gasteiger partial charge in [-0.05, 0) is 58.4 Å². The van der Waals surface area contributed by atoms with Crippen molar-refractivity contribution in [3.8, 4) is 0 Å². The van der Waals surface area contributed by atoms with E-state index in [1.54, 1.807) is 25.7 Å². The number of benzene rings is 1. The Kier molecular flexibility index (Phi) is 7.28. The molecule has 1 aromatic heterocycles. The number of amides is 1. The highest BCUT2D eigenvalue weighted by Crippen LogP contribution is 2.29. The molecular formula is C20H24ClF2N3OS. The van der Waals surface area contributed by atoms with Crippen LogP contribution in [0.1, 0.15) is 32.0 Å². The highest BCUT2D eigenvalue weighted by Gasteiger charge is 2.31. The van der Waals surface area contributed by atoms with Gasteiger partial charge in [0.1, 0.15) is 23.5 Å². The van der Waals surface area contributed by atoms with E-state index in [9.17, 15) is 13.6 Å². The van der Waals surface area contributed by atoms with E-state index in [0.29, 0.717) is 11.9 Å². The number of pyridine rings is 1. The summed E-state index contributed by atoms with van der Waals surface area (Å²) in [6.07, 6.45) is 0. The summed E-state index contributed by atoms with van der Waals surface area (Å²) in [5, 5.41) is -0.246. The standard InChI is InChI=1S/C20H24ClF2N3OS/c1-11(2)26(18-8-15(21)16(22)9-17(18)23)20(27)14(5)25(10-28)19-7-12(3)6-13(4)24-19/h6-9,11,14,28H,10H2,1-5H3. The quantitative estimate of drug-likeness (QED) is 0.393. The Morgan fingerprint density at radius 2 is 1.79 bits per heavy atom. The second-order valence-electron chi connectivity index (χ2n) is 6.95. The number of carbonyl (C=O) groups excluding carboxylic acids is 1. The molecule has 1 unspecified atom stereocenters. The Labute approximate surface area is 174 Å². The van der Waals surface area contributed by atoms with Crippen molar-refractivity contribution in [3.05, 3.63) is 52.2 Å². The number of hydrogen-bond acceptors (Lipinski definition) is 4. The molecule has 0 saturated carbocycles. The summed E-state index contributed by atoms with van der Waals surface area (Å²) >= 11 is 10.2. The number of aromatic nitrogens is 1. The van der Waals surface area contributed by atoms with Gasteiger partial charge in [-0.2, -0.15) is 12.6 Å². The molecule has 0 spiro atoms. The molecule has 0 bridgehead atoms. The predicted octanol–water partition coefficient (Wildman–Crippen LogP) is 5.15. The van der Waals surface area contributed by atoms with Crippen molar-refractivity contribution in [1.82, 2.24) is 4.98 Å². The number of anilines is 2. The molecule has 0 aliphatic heterocycles. The summed E-state index contributed by atoms with van der Waals surface area (Å²) in [5.41, 5.74) is 1.76. The van der Waals surface area contributed by atoms with Gasteiger partial charge in [0.15, 0.2) is 0 Å². The Bertz CT molecular complexity index is 859. The summed E-state index contributed by atoms with van der Waals surface area (Å²) < 4.78 is 28.0. The molecule has 1 amide bonds. The van der Waals surface area contributed by atoms with Crippen LogP contribution in [0.2, 0.25) is 5.02 Å². The third kappa shape index (κ3) is 4.75. The van der Waals surface area contributed by atoms with Crippen LogP contribution in [0.4, 0.5) is 20.3 Å². The van der Waals surface area contributed by atoms with Crippen LogP contribution in [0.25, 0.3) is 0 Å². The van der Waals surface area contributed by atoms with E-state index in [2.05, 4.69) is 17.6 Å². The number of aryl methyl sites for hydroxylation is 2. The molecule has 0 N–H and O–H groups in total. The molecule has 0 saturated heterocycles. The molecule has 8 heteroatoms. The number of carbonyl (C=O) groups is 1. The minimum Gasteiger partial charge on any atom is -0.336 e. The summed E-state index contributed by atoms with van der Waals surface area (Å²) in [5.74, 6) is -1.25. The van der Waals surface area contributed by atoms with E-state index >= 15 is 0 Å². The second kappa shape index (κ2) is 9.09. The maximum Gasteiger partial charge on any atom is 0.249 e. The van der Waals surface area contributed by atoms with Crippen LogP contribution in [0, 0.1) is 25.5 Å². The molecule has 152 valence electrons. The van der Waals surface area contributed by atoms with Crippen molar-refractivity contribution < 1.29 is 13.6 Å². The molecule has 0 fully saturated rings. The average Bonchev–Trinajstić information content (AvgIpc) is 2.58. The van der Waals surface area contributed by atoms with Gasteiger partial charge in [0.25, 0.3) is 0 Å². The molecular weight excluding hydrogens is 404 g/mol. The van der Waals surface area contributed by atoms with Gasteiger partial charge in [0.05, 0.1) is 16.6 Å². The molecule has 0 radical (unpaired) electrons. The number of halogens is 3. The Balaban J connectivity index is 2.45. The van der Waals surface area contributed by atoms with Crippen LogP contribution in [0.5, 0.6) is 0 Å². The zero-order valence-electron chi connectivity index (χ0n) is 16.5. The normalized spacial score (nSPS) is 12.2. The lowest BCUT2D eigenvalue weighted by molar-refractivity contribution is -0.119. The summed E-state index contributed by atoms with van der Waals surface area (Å²) in [6.45, 7) is 9.02. The van der Waals surface area contributed by atoms with Crippen LogP contribution in [0.15, 0.2) is 24.3 Å². The second-order valence-corrected chi connectivity index (χ2v) is 7.64. The Hall–Kier alpha value is -1.86. The Morgan fingerprint density at radius 3 is 2.32 bits per heavy atom. The zero-order chi connectivity index (χ0) is 21.2. The van der Waals surface area contributed by atoms with Gasteiger partial charge in [-0.25, -0.2) is 13.8 Å². The first kappa shape index (κ1) is 22.4. The van der Waals surface area contributed by atoms with Gasteiger partial charge < -0.3 is 9.80 Å². The number of hydrogen-bond donors (Lipinski definition) is 1. The molecule has 0 aliphatic rings. The fourth-order valence-electron chi connectivity index (χ4n) is 3.04. The van der Waals surface area contributed by atoms with Crippen LogP contribution in [-0.4, -0.2) is 28.9 Å². The average molecular weight is 428 g/mol. The zero-order valence-corrected chi connectivity index (χ0v) is 18.2. The van der Waals surface area contributed by atoms with Crippen LogP contribution >= 0.6 is 24.2 Å². The third-order valence-electron chi connectivity index (χ3n) is 4.36. The van der Waals surface area contributed by atoms with Crippen molar-refractivity contribution in [1.29, 1.82) is 0 Å². The Morgan fingerprint density at radius 1 is 1.14 bits per heavy atom. The SMILES string of the molecule is Cc1cc(C)nc(N(CS)C(C)C(=O)N(c2cc(Cl)c(F)cc2F)C(C)C)c1. The molecule has 0 aliphatic carbocycles. The molecule has 1 heterocycles. The van der Waals surface area contributed by atoms with E-state index in [0.717, 1.165) is 17.3 Å². The first-order valence-corrected chi connectivity index (χ1v) is 9.88. The maximum absolute atomic E-state index is 14.4. The van der Waals surface area contributed by atoms with Gasteiger partial charge in [-0.3, -0.25) is 4.79 Å². The van der Waals surface area contributed by atoms with Gasteiger partial charge in [-0.1, -0.05) is 11.6 Å². The number of thiol groups is 1. The maximum atomic E-state index is 14.4. The molecule has 1 atom stereocenters. The lowest BCUT2D eigenvalue weighted by Crippen LogP contribution is -2.50. The van der Waals surface area contributed by atoms with E-state index < -0.39 is 17.7 Å². The van der Waals surface area contributed by atoms with Gasteiger partial charge >= 0.3 is 0 Å². The highest BCUT2D eigenvalue weighted by molar-refractivity contribution is 7.80. The number of rotatable bonds is 6. The topological polar surface area (TPSA) is 36.4 Å². The highest BCUT2D eigenvalue weighted by atomic mass is 35.5. The first-order chi connectivity index (χ1) is 13.1. The molecule has 28 heavy (non-hydrogen) atoms. The summed E-state index contributed by atoms with van der Waals surface area (Å²) in [6, 6.07) is 4.56. The van der Waals surface area contributed by atoms with Gasteiger partial charge in [0, 0.05) is 17.8 Å². The van der Waals surface area contributed by atoms with Crippen molar-refractivity contribution >= 4 is 41.6 Å². The van der Waals surface area contributed by atoms with Crippen LogP contribution in [-0.2, 0) is 4.79 Å². The fourth-order valence-corrected chi connectivity index (χ4v) is 3.59. The lowest BCUT2D eigenvalue weighted by Gasteiger charge is -2.35. The van der Waals surface area contributed by atoms with Crippen LogP contribution in [0.3, 0.4) is 0 Å².